The number of nitrogens with zero attached hydrogens (tertiary/aromatic N) is 5. The third-order valence-electron chi connectivity index (χ3n) is 7.51. The van der Waals surface area contributed by atoms with Crippen LogP contribution in [0.2, 0.25) is 0 Å². The molecule has 1 spiro atoms. The van der Waals surface area contributed by atoms with Crippen LogP contribution in [0.15, 0.2) is 18.3 Å². The molecule has 0 bridgehead atoms. The first kappa shape index (κ1) is 20.3. The van der Waals surface area contributed by atoms with E-state index >= 15 is 0 Å². The van der Waals surface area contributed by atoms with Crippen LogP contribution in [0.5, 0.6) is 0 Å². The fraction of sp³-hybridized carbons (Fsp3) is 0.696. The van der Waals surface area contributed by atoms with Crippen molar-refractivity contribution in [3.8, 4) is 11.4 Å². The highest BCUT2D eigenvalue weighted by Gasteiger charge is 2.46. The van der Waals surface area contributed by atoms with Gasteiger partial charge in [-0.05, 0) is 99.1 Å². The van der Waals surface area contributed by atoms with E-state index in [-0.39, 0.29) is 0 Å². The topological polar surface area (TPSA) is 58.9 Å². The molecule has 0 atom stereocenters. The van der Waals surface area contributed by atoms with E-state index in [1.54, 1.807) is 0 Å². The zero-order chi connectivity index (χ0) is 20.6. The van der Waals surface area contributed by atoms with Crippen LogP contribution in [0.1, 0.15) is 44.1 Å². The van der Waals surface area contributed by atoms with Gasteiger partial charge in [-0.1, -0.05) is 0 Å². The van der Waals surface area contributed by atoms with Crippen LogP contribution in [-0.4, -0.2) is 62.1 Å². The number of aryl methyl sites for hydroxylation is 2. The molecular formula is C23H34N6S. The molecule has 2 aromatic heterocycles. The standard InChI is InChI=1S/C23H34N6S/c1-17-15-24-28(2)22(17)20-3-4-21(27-26-20)25-19-13-23(14-19)7-9-29(10-8-23)16-18-5-11-30-12-6-18/h3-4,15,18-19H,5-14,16H2,1-2H3,(H,25,27). The van der Waals surface area contributed by atoms with E-state index in [0.29, 0.717) is 11.5 Å². The van der Waals surface area contributed by atoms with Gasteiger partial charge < -0.3 is 10.2 Å². The lowest BCUT2D eigenvalue weighted by molar-refractivity contribution is 0.0181. The molecule has 7 heteroatoms. The molecule has 2 saturated heterocycles. The van der Waals surface area contributed by atoms with Crippen LogP contribution in [0.25, 0.3) is 11.4 Å². The van der Waals surface area contributed by atoms with Gasteiger partial charge in [0.25, 0.3) is 0 Å². The van der Waals surface area contributed by atoms with Crippen molar-refractivity contribution in [1.29, 1.82) is 0 Å². The zero-order valence-electron chi connectivity index (χ0n) is 18.3. The van der Waals surface area contributed by atoms with Crippen molar-refractivity contribution >= 4 is 17.6 Å². The van der Waals surface area contributed by atoms with Gasteiger partial charge in [-0.25, -0.2) is 0 Å². The molecule has 1 saturated carbocycles. The molecule has 30 heavy (non-hydrogen) atoms. The van der Waals surface area contributed by atoms with Crippen molar-refractivity contribution in [2.24, 2.45) is 18.4 Å². The van der Waals surface area contributed by atoms with E-state index in [1.807, 2.05) is 17.9 Å². The van der Waals surface area contributed by atoms with Crippen molar-refractivity contribution in [3.05, 3.63) is 23.9 Å². The Hall–Kier alpha value is -1.60. The molecule has 0 aromatic carbocycles. The number of rotatable bonds is 5. The molecule has 1 aliphatic carbocycles. The largest absolute Gasteiger partial charge is 0.366 e. The first-order valence-electron chi connectivity index (χ1n) is 11.5. The van der Waals surface area contributed by atoms with Crippen LogP contribution in [0.4, 0.5) is 5.82 Å². The summed E-state index contributed by atoms with van der Waals surface area (Å²) in [5, 5.41) is 16.8. The van der Waals surface area contributed by atoms with Crippen molar-refractivity contribution in [1.82, 2.24) is 24.9 Å². The molecule has 2 aromatic rings. The average molecular weight is 427 g/mol. The summed E-state index contributed by atoms with van der Waals surface area (Å²) in [5.74, 6) is 4.60. The lowest BCUT2D eigenvalue weighted by atomic mass is 9.60. The number of nitrogens with one attached hydrogen (secondary N) is 1. The monoisotopic (exact) mass is 426 g/mol. The normalized spacial score (nSPS) is 22.9. The lowest BCUT2D eigenvalue weighted by Gasteiger charge is -2.52. The second-order valence-corrected chi connectivity index (χ2v) is 10.9. The minimum atomic E-state index is 0.547. The molecule has 0 amide bonds. The van der Waals surface area contributed by atoms with Crippen molar-refractivity contribution < 1.29 is 0 Å². The third kappa shape index (κ3) is 4.24. The molecule has 6 nitrogen and oxygen atoms in total. The summed E-state index contributed by atoms with van der Waals surface area (Å²) in [6, 6.07) is 4.66. The van der Waals surface area contributed by atoms with Crippen LogP contribution in [0, 0.1) is 18.3 Å². The predicted octanol–water partition coefficient (Wildman–Crippen LogP) is 3.99. The predicted molar refractivity (Wildman–Crippen MR) is 124 cm³/mol. The van der Waals surface area contributed by atoms with Gasteiger partial charge in [0.05, 0.1) is 11.9 Å². The highest BCUT2D eigenvalue weighted by Crippen LogP contribution is 2.50. The van der Waals surface area contributed by atoms with E-state index < -0.39 is 0 Å². The fourth-order valence-electron chi connectivity index (χ4n) is 5.66. The smallest absolute Gasteiger partial charge is 0.148 e. The minimum Gasteiger partial charge on any atom is -0.366 e. The van der Waals surface area contributed by atoms with Gasteiger partial charge in [-0.2, -0.15) is 16.9 Å². The Morgan fingerprint density at radius 3 is 2.53 bits per heavy atom. The lowest BCUT2D eigenvalue weighted by Crippen LogP contribution is -2.52. The quantitative estimate of drug-likeness (QED) is 0.780. The number of piperidine rings is 1. The number of thioether (sulfide) groups is 1. The first-order valence-corrected chi connectivity index (χ1v) is 12.7. The first-order chi connectivity index (χ1) is 14.6. The molecule has 3 fully saturated rings. The highest BCUT2D eigenvalue weighted by molar-refractivity contribution is 7.99. The van der Waals surface area contributed by atoms with E-state index in [4.69, 9.17) is 0 Å². The van der Waals surface area contributed by atoms with E-state index in [2.05, 4.69) is 56.3 Å². The van der Waals surface area contributed by atoms with Gasteiger partial charge in [-0.15, -0.1) is 10.2 Å². The van der Waals surface area contributed by atoms with E-state index in [0.717, 1.165) is 28.7 Å². The SMILES string of the molecule is Cc1cnn(C)c1-c1ccc(NC2CC3(CCN(CC4CCSCC4)CC3)C2)nn1. The van der Waals surface area contributed by atoms with Crippen molar-refractivity contribution in [2.75, 3.05) is 36.5 Å². The van der Waals surface area contributed by atoms with Crippen LogP contribution in [0.3, 0.4) is 0 Å². The van der Waals surface area contributed by atoms with Crippen LogP contribution >= 0.6 is 11.8 Å². The Morgan fingerprint density at radius 1 is 1.13 bits per heavy atom. The molecule has 1 N–H and O–H groups in total. The Morgan fingerprint density at radius 2 is 1.90 bits per heavy atom. The molecule has 4 heterocycles. The van der Waals surface area contributed by atoms with Gasteiger partial charge in [0, 0.05) is 19.6 Å². The molecular weight excluding hydrogens is 392 g/mol. The van der Waals surface area contributed by atoms with Gasteiger partial charge >= 0.3 is 0 Å². The maximum absolute atomic E-state index is 4.44. The maximum Gasteiger partial charge on any atom is 0.148 e. The van der Waals surface area contributed by atoms with Gasteiger partial charge in [-0.3, -0.25) is 4.68 Å². The van der Waals surface area contributed by atoms with Gasteiger partial charge in [0.1, 0.15) is 11.5 Å². The summed E-state index contributed by atoms with van der Waals surface area (Å²) in [7, 11) is 1.95. The molecule has 2 aliphatic heterocycles. The summed E-state index contributed by atoms with van der Waals surface area (Å²) in [6.07, 6.45) is 10.0. The number of likely N-dealkylation sites (tertiary alicyclic amines) is 1. The summed E-state index contributed by atoms with van der Waals surface area (Å²) >= 11 is 2.14. The highest BCUT2D eigenvalue weighted by atomic mass is 32.2. The summed E-state index contributed by atoms with van der Waals surface area (Å²) in [5.41, 5.74) is 3.63. The summed E-state index contributed by atoms with van der Waals surface area (Å²) in [4.78, 5) is 2.75. The summed E-state index contributed by atoms with van der Waals surface area (Å²) < 4.78 is 1.86. The molecule has 162 valence electrons. The Bertz CT molecular complexity index is 822. The molecule has 0 unspecified atom stereocenters. The number of aromatic nitrogens is 4. The second kappa shape index (κ2) is 8.50. The van der Waals surface area contributed by atoms with Gasteiger partial charge in [0.2, 0.25) is 0 Å². The Kier molecular flexibility index (Phi) is 5.75. The fourth-order valence-corrected chi connectivity index (χ4v) is 6.86. The summed E-state index contributed by atoms with van der Waals surface area (Å²) in [6.45, 7) is 6.00. The van der Waals surface area contributed by atoms with Crippen LogP contribution in [-0.2, 0) is 7.05 Å². The number of hydrogen-bond donors (Lipinski definition) is 1. The molecule has 0 radical (unpaired) electrons. The Labute approximate surface area is 184 Å². The van der Waals surface area contributed by atoms with E-state index in [9.17, 15) is 0 Å². The Balaban J connectivity index is 1.09. The second-order valence-electron chi connectivity index (χ2n) is 9.71. The van der Waals surface area contributed by atoms with Crippen LogP contribution < -0.4 is 5.32 Å². The molecule has 3 aliphatic rings. The van der Waals surface area contributed by atoms with Crippen molar-refractivity contribution in [2.45, 2.75) is 51.5 Å². The van der Waals surface area contributed by atoms with E-state index in [1.165, 1.54) is 69.7 Å². The molecule has 5 rings (SSSR count). The third-order valence-corrected chi connectivity index (χ3v) is 8.56. The number of hydrogen-bond acceptors (Lipinski definition) is 6. The maximum atomic E-state index is 4.44. The van der Waals surface area contributed by atoms with Gasteiger partial charge in [0.15, 0.2) is 0 Å². The minimum absolute atomic E-state index is 0.547. The average Bonchev–Trinajstić information content (AvgIpc) is 3.08. The number of anilines is 1. The zero-order valence-corrected chi connectivity index (χ0v) is 19.1. The van der Waals surface area contributed by atoms with Crippen molar-refractivity contribution in [3.63, 3.8) is 0 Å².